The molecule has 0 bridgehead atoms. The predicted octanol–water partition coefficient (Wildman–Crippen LogP) is 4.05. The van der Waals surface area contributed by atoms with Gasteiger partial charge in [-0.3, -0.25) is 4.79 Å². The van der Waals surface area contributed by atoms with Crippen molar-refractivity contribution in [3.8, 4) is 5.75 Å². The van der Waals surface area contributed by atoms with Gasteiger partial charge in [-0.05, 0) is 23.8 Å². The van der Waals surface area contributed by atoms with E-state index in [4.69, 9.17) is 16.3 Å². The van der Waals surface area contributed by atoms with Gasteiger partial charge in [0.1, 0.15) is 5.82 Å². The molecule has 0 radical (unpaired) electrons. The zero-order chi connectivity index (χ0) is 14.7. The van der Waals surface area contributed by atoms with Crippen molar-refractivity contribution in [3.63, 3.8) is 0 Å². The van der Waals surface area contributed by atoms with Crippen molar-refractivity contribution >= 4 is 17.4 Å². The zero-order valence-electron chi connectivity index (χ0n) is 10.6. The summed E-state index contributed by atoms with van der Waals surface area (Å²) >= 11 is 5.81. The fourth-order valence-electron chi connectivity index (χ4n) is 1.88. The molecule has 0 spiro atoms. The zero-order valence-corrected chi connectivity index (χ0v) is 11.4. The summed E-state index contributed by atoms with van der Waals surface area (Å²) < 4.78 is 32.4. The van der Waals surface area contributed by atoms with Gasteiger partial charge in [0.25, 0.3) is 0 Å². The van der Waals surface area contributed by atoms with E-state index in [1.807, 2.05) is 0 Å². The van der Waals surface area contributed by atoms with Crippen LogP contribution >= 0.6 is 11.6 Å². The molecule has 2 aromatic rings. The molecule has 104 valence electrons. The number of rotatable bonds is 4. The standard InChI is InChI=1S/C15H11ClF2O2/c1-20-13-7-2-4-9(15(13)18)8-12(19)14-10(16)5-3-6-11(14)17/h2-7H,8H2,1H3. The highest BCUT2D eigenvalue weighted by atomic mass is 35.5. The fourth-order valence-corrected chi connectivity index (χ4v) is 2.14. The summed E-state index contributed by atoms with van der Waals surface area (Å²) in [7, 11) is 1.33. The normalized spacial score (nSPS) is 10.4. The lowest BCUT2D eigenvalue weighted by molar-refractivity contribution is 0.0988. The lowest BCUT2D eigenvalue weighted by Gasteiger charge is -2.08. The van der Waals surface area contributed by atoms with E-state index in [1.165, 1.54) is 31.4 Å². The summed E-state index contributed by atoms with van der Waals surface area (Å²) in [4.78, 5) is 12.1. The highest BCUT2D eigenvalue weighted by molar-refractivity contribution is 6.34. The van der Waals surface area contributed by atoms with Crippen LogP contribution in [0.25, 0.3) is 0 Å². The Morgan fingerprint density at radius 2 is 1.90 bits per heavy atom. The minimum absolute atomic E-state index is 0.0123. The number of hydrogen-bond acceptors (Lipinski definition) is 2. The maximum absolute atomic E-state index is 13.9. The average Bonchev–Trinajstić information content (AvgIpc) is 2.41. The van der Waals surface area contributed by atoms with Crippen LogP contribution in [0.4, 0.5) is 8.78 Å². The summed E-state index contributed by atoms with van der Waals surface area (Å²) in [6.07, 6.45) is -0.288. The third kappa shape index (κ3) is 2.80. The molecule has 0 aliphatic heterocycles. The molecule has 0 aliphatic rings. The number of methoxy groups -OCH3 is 1. The number of Topliss-reactive ketones (excluding diaryl/α,β-unsaturated/α-hetero) is 1. The Morgan fingerprint density at radius 1 is 1.20 bits per heavy atom. The van der Waals surface area contributed by atoms with Gasteiger partial charge in [-0.2, -0.15) is 0 Å². The van der Waals surface area contributed by atoms with Crippen LogP contribution in [0.1, 0.15) is 15.9 Å². The fraction of sp³-hybridized carbons (Fsp3) is 0.133. The van der Waals surface area contributed by atoms with Crippen molar-refractivity contribution in [2.75, 3.05) is 7.11 Å². The number of ether oxygens (including phenoxy) is 1. The molecule has 0 heterocycles. The molecule has 2 rings (SSSR count). The second-order valence-electron chi connectivity index (χ2n) is 4.13. The van der Waals surface area contributed by atoms with E-state index in [2.05, 4.69) is 0 Å². The molecular weight excluding hydrogens is 286 g/mol. The summed E-state index contributed by atoms with van der Waals surface area (Å²) in [5, 5.41) is 0.0123. The summed E-state index contributed by atoms with van der Waals surface area (Å²) in [6.45, 7) is 0. The molecular formula is C15H11ClF2O2. The number of carbonyl (C=O) groups is 1. The molecule has 0 atom stereocenters. The van der Waals surface area contributed by atoms with Gasteiger partial charge >= 0.3 is 0 Å². The van der Waals surface area contributed by atoms with Gasteiger partial charge in [0.05, 0.1) is 17.7 Å². The maximum Gasteiger partial charge on any atom is 0.171 e. The van der Waals surface area contributed by atoms with Crippen LogP contribution in [0.5, 0.6) is 5.75 Å². The van der Waals surface area contributed by atoms with Gasteiger partial charge in [-0.1, -0.05) is 29.8 Å². The van der Waals surface area contributed by atoms with Gasteiger partial charge in [0.2, 0.25) is 0 Å². The van der Waals surface area contributed by atoms with Gasteiger partial charge in [-0.25, -0.2) is 8.78 Å². The molecule has 0 aromatic heterocycles. The Bertz CT molecular complexity index is 636. The van der Waals surface area contributed by atoms with Gasteiger partial charge in [0.15, 0.2) is 17.3 Å². The van der Waals surface area contributed by atoms with Crippen molar-refractivity contribution in [2.24, 2.45) is 0 Å². The monoisotopic (exact) mass is 296 g/mol. The Kier molecular flexibility index (Phi) is 4.35. The average molecular weight is 297 g/mol. The number of ketones is 1. The molecule has 2 aromatic carbocycles. The second-order valence-corrected chi connectivity index (χ2v) is 4.54. The first kappa shape index (κ1) is 14.5. The Labute approximate surface area is 119 Å². The van der Waals surface area contributed by atoms with Crippen LogP contribution < -0.4 is 4.74 Å². The topological polar surface area (TPSA) is 26.3 Å². The summed E-state index contributed by atoms with van der Waals surface area (Å²) in [6, 6.07) is 8.42. The highest BCUT2D eigenvalue weighted by Crippen LogP contribution is 2.24. The van der Waals surface area contributed by atoms with Crippen molar-refractivity contribution < 1.29 is 18.3 Å². The van der Waals surface area contributed by atoms with E-state index in [0.29, 0.717) is 0 Å². The van der Waals surface area contributed by atoms with Crippen LogP contribution in [0.3, 0.4) is 0 Å². The molecule has 0 unspecified atom stereocenters. The quantitative estimate of drug-likeness (QED) is 0.796. The van der Waals surface area contributed by atoms with Gasteiger partial charge in [-0.15, -0.1) is 0 Å². The van der Waals surface area contributed by atoms with E-state index >= 15 is 0 Å². The molecule has 0 N–H and O–H groups in total. The third-order valence-corrected chi connectivity index (χ3v) is 3.17. The lowest BCUT2D eigenvalue weighted by Crippen LogP contribution is -2.09. The van der Waals surface area contributed by atoms with Crippen molar-refractivity contribution in [1.29, 1.82) is 0 Å². The van der Waals surface area contributed by atoms with Crippen LogP contribution in [0.15, 0.2) is 36.4 Å². The minimum Gasteiger partial charge on any atom is -0.494 e. The lowest BCUT2D eigenvalue weighted by atomic mass is 10.0. The first-order valence-corrected chi connectivity index (χ1v) is 6.21. The van der Waals surface area contributed by atoms with E-state index in [0.717, 1.165) is 6.07 Å². The van der Waals surface area contributed by atoms with Gasteiger partial charge < -0.3 is 4.74 Å². The van der Waals surface area contributed by atoms with E-state index in [9.17, 15) is 13.6 Å². The smallest absolute Gasteiger partial charge is 0.171 e. The van der Waals surface area contributed by atoms with Crippen LogP contribution in [0.2, 0.25) is 5.02 Å². The molecule has 0 aliphatic carbocycles. The predicted molar refractivity (Wildman–Crippen MR) is 72.4 cm³/mol. The molecule has 0 amide bonds. The molecule has 0 fully saturated rings. The summed E-state index contributed by atoms with van der Waals surface area (Å²) in [5.74, 6) is -1.89. The number of benzene rings is 2. The highest BCUT2D eigenvalue weighted by Gasteiger charge is 2.18. The second kappa shape index (κ2) is 6.01. The number of carbonyl (C=O) groups excluding carboxylic acids is 1. The molecule has 0 saturated heterocycles. The molecule has 2 nitrogen and oxygen atoms in total. The molecule has 0 saturated carbocycles. The first-order chi connectivity index (χ1) is 9.54. The molecule has 5 heteroatoms. The number of halogens is 3. The minimum atomic E-state index is -0.717. The van der Waals surface area contributed by atoms with Crippen LogP contribution in [0, 0.1) is 11.6 Å². The SMILES string of the molecule is COc1cccc(CC(=O)c2c(F)cccc2Cl)c1F. The largest absolute Gasteiger partial charge is 0.494 e. The van der Waals surface area contributed by atoms with Crippen molar-refractivity contribution in [3.05, 3.63) is 64.2 Å². The number of hydrogen-bond donors (Lipinski definition) is 0. The Balaban J connectivity index is 2.33. The first-order valence-electron chi connectivity index (χ1n) is 5.83. The van der Waals surface area contributed by atoms with E-state index < -0.39 is 17.4 Å². The van der Waals surface area contributed by atoms with Crippen molar-refractivity contribution in [1.82, 2.24) is 0 Å². The van der Waals surface area contributed by atoms with Crippen LogP contribution in [-0.4, -0.2) is 12.9 Å². The Hall–Kier alpha value is -1.94. The molecule has 20 heavy (non-hydrogen) atoms. The Morgan fingerprint density at radius 3 is 2.55 bits per heavy atom. The maximum atomic E-state index is 13.9. The van der Waals surface area contributed by atoms with E-state index in [-0.39, 0.29) is 28.3 Å². The van der Waals surface area contributed by atoms with E-state index in [1.54, 1.807) is 6.07 Å². The van der Waals surface area contributed by atoms with Crippen molar-refractivity contribution in [2.45, 2.75) is 6.42 Å². The summed E-state index contributed by atoms with van der Waals surface area (Å²) in [5.41, 5.74) is -0.0925. The third-order valence-electron chi connectivity index (χ3n) is 2.86. The van der Waals surface area contributed by atoms with Crippen LogP contribution in [-0.2, 0) is 6.42 Å². The van der Waals surface area contributed by atoms with Gasteiger partial charge in [0, 0.05) is 6.42 Å².